The van der Waals surface area contributed by atoms with Gasteiger partial charge in [-0.3, -0.25) is 9.59 Å². The first-order valence-corrected chi connectivity index (χ1v) is 8.36. The fourth-order valence-electron chi connectivity index (χ4n) is 2.59. The van der Waals surface area contributed by atoms with Gasteiger partial charge in [0.05, 0.1) is 10.4 Å². The lowest BCUT2D eigenvalue weighted by Crippen LogP contribution is -2.26. The molecule has 2 aromatic heterocycles. The second-order valence-electron chi connectivity index (χ2n) is 5.37. The Balaban J connectivity index is 1.62. The first kappa shape index (κ1) is 14.8. The molecule has 0 saturated carbocycles. The molecule has 24 heavy (non-hydrogen) atoms. The Morgan fingerprint density at radius 3 is 2.75 bits per heavy atom. The maximum Gasteiger partial charge on any atom is 0.261 e. The highest BCUT2D eigenvalue weighted by Crippen LogP contribution is 2.33. The van der Waals surface area contributed by atoms with E-state index in [2.05, 4.69) is 10.3 Å². The summed E-state index contributed by atoms with van der Waals surface area (Å²) in [6.07, 6.45) is 0. The monoisotopic (exact) mass is 342 g/mol. The smallest absolute Gasteiger partial charge is 0.261 e. The van der Waals surface area contributed by atoms with Crippen molar-refractivity contribution in [3.63, 3.8) is 0 Å². The summed E-state index contributed by atoms with van der Waals surface area (Å²) in [6.45, 7) is 1.16. The van der Waals surface area contributed by atoms with Gasteiger partial charge in [0, 0.05) is 23.6 Å². The van der Waals surface area contributed by atoms with E-state index in [4.69, 9.17) is 9.47 Å². The number of nitrogens with one attached hydrogen (secondary N) is 2. The quantitative estimate of drug-likeness (QED) is 0.765. The topological polar surface area (TPSA) is 80.4 Å². The summed E-state index contributed by atoms with van der Waals surface area (Å²) >= 11 is 1.36. The van der Waals surface area contributed by atoms with Gasteiger partial charge in [-0.25, -0.2) is 0 Å². The Hall–Kier alpha value is -2.80. The van der Waals surface area contributed by atoms with Crippen molar-refractivity contribution in [3.05, 3.63) is 56.5 Å². The van der Waals surface area contributed by atoms with Gasteiger partial charge >= 0.3 is 0 Å². The molecule has 0 radical (unpaired) electrons. The van der Waals surface area contributed by atoms with Crippen LogP contribution < -0.4 is 20.3 Å². The zero-order valence-corrected chi connectivity index (χ0v) is 13.4. The van der Waals surface area contributed by atoms with Crippen molar-refractivity contribution < 1.29 is 14.3 Å². The summed E-state index contributed by atoms with van der Waals surface area (Å²) in [5, 5.41) is 5.43. The van der Waals surface area contributed by atoms with E-state index in [0.29, 0.717) is 40.7 Å². The molecule has 1 aliphatic rings. The Morgan fingerprint density at radius 1 is 1.21 bits per heavy atom. The molecule has 1 aromatic carbocycles. The Bertz CT molecular complexity index is 963. The van der Waals surface area contributed by atoms with Gasteiger partial charge in [0.2, 0.25) is 0 Å². The van der Waals surface area contributed by atoms with Crippen molar-refractivity contribution in [2.75, 3.05) is 13.2 Å². The standard InChI is InChI=1S/C17H14N2O4S/c20-16-11(9-18-17(21)15-2-1-5-24-15)6-10-7-13-14(8-12(10)19-16)23-4-3-22-13/h1-2,5-8H,3-4,9H2,(H,18,21)(H,19,20). The molecular weight excluding hydrogens is 328 g/mol. The van der Waals surface area contributed by atoms with E-state index in [0.717, 1.165) is 5.39 Å². The highest BCUT2D eigenvalue weighted by Gasteiger charge is 2.14. The molecular formula is C17H14N2O4S. The summed E-state index contributed by atoms with van der Waals surface area (Å²) in [5.74, 6) is 1.10. The van der Waals surface area contributed by atoms with Crippen LogP contribution in [0.25, 0.3) is 10.9 Å². The average Bonchev–Trinajstić information content (AvgIpc) is 3.12. The molecule has 122 valence electrons. The molecule has 3 heterocycles. The zero-order valence-electron chi connectivity index (χ0n) is 12.6. The second-order valence-corrected chi connectivity index (χ2v) is 6.31. The molecule has 0 aliphatic carbocycles. The molecule has 0 saturated heterocycles. The number of hydrogen-bond acceptors (Lipinski definition) is 5. The summed E-state index contributed by atoms with van der Waals surface area (Å²) in [6, 6.07) is 8.92. The van der Waals surface area contributed by atoms with E-state index in [9.17, 15) is 9.59 Å². The lowest BCUT2D eigenvalue weighted by molar-refractivity contribution is 0.0955. The van der Waals surface area contributed by atoms with Crippen molar-refractivity contribution in [1.82, 2.24) is 10.3 Å². The lowest BCUT2D eigenvalue weighted by atomic mass is 10.1. The molecule has 0 atom stereocenters. The first-order chi connectivity index (χ1) is 11.7. The number of benzene rings is 1. The summed E-state index contributed by atoms with van der Waals surface area (Å²) in [7, 11) is 0. The maximum atomic E-state index is 12.2. The van der Waals surface area contributed by atoms with Crippen LogP contribution in [0.3, 0.4) is 0 Å². The predicted octanol–water partition coefficient (Wildman–Crippen LogP) is 2.29. The molecule has 1 aliphatic heterocycles. The molecule has 0 unspecified atom stereocenters. The summed E-state index contributed by atoms with van der Waals surface area (Å²) in [5.41, 5.74) is 0.937. The van der Waals surface area contributed by atoms with E-state index >= 15 is 0 Å². The van der Waals surface area contributed by atoms with Gasteiger partial charge in [0.15, 0.2) is 11.5 Å². The molecule has 0 fully saturated rings. The van der Waals surface area contributed by atoms with Crippen molar-refractivity contribution in [2.45, 2.75) is 6.54 Å². The molecule has 1 amide bonds. The van der Waals surface area contributed by atoms with Gasteiger partial charge in [-0.2, -0.15) is 0 Å². The zero-order chi connectivity index (χ0) is 16.5. The number of aromatic nitrogens is 1. The number of amides is 1. The lowest BCUT2D eigenvalue weighted by Gasteiger charge is -2.18. The molecule has 0 bridgehead atoms. The molecule has 7 heteroatoms. The van der Waals surface area contributed by atoms with Crippen LogP contribution in [-0.4, -0.2) is 24.1 Å². The highest BCUT2D eigenvalue weighted by molar-refractivity contribution is 7.12. The third-order valence-corrected chi connectivity index (χ3v) is 4.64. The van der Waals surface area contributed by atoms with Crippen LogP contribution in [0.5, 0.6) is 11.5 Å². The van der Waals surface area contributed by atoms with E-state index in [-0.39, 0.29) is 18.0 Å². The Morgan fingerprint density at radius 2 is 2.00 bits per heavy atom. The van der Waals surface area contributed by atoms with Crippen LogP contribution >= 0.6 is 11.3 Å². The highest BCUT2D eigenvalue weighted by atomic mass is 32.1. The average molecular weight is 342 g/mol. The largest absolute Gasteiger partial charge is 0.486 e. The number of rotatable bonds is 3. The molecule has 0 spiro atoms. The Kier molecular flexibility index (Phi) is 3.70. The number of pyridine rings is 1. The van der Waals surface area contributed by atoms with Crippen LogP contribution in [0.1, 0.15) is 15.2 Å². The number of hydrogen-bond donors (Lipinski definition) is 2. The molecule has 2 N–H and O–H groups in total. The minimum absolute atomic E-state index is 0.163. The van der Waals surface area contributed by atoms with Crippen molar-refractivity contribution in [3.8, 4) is 11.5 Å². The van der Waals surface area contributed by atoms with Crippen LogP contribution in [-0.2, 0) is 6.54 Å². The fraction of sp³-hybridized carbons (Fsp3) is 0.176. The van der Waals surface area contributed by atoms with E-state index in [1.807, 2.05) is 17.5 Å². The SMILES string of the molecule is O=C(NCc1cc2cc3c(cc2[nH]c1=O)OCCO3)c1cccs1. The van der Waals surface area contributed by atoms with Gasteiger partial charge in [0.25, 0.3) is 11.5 Å². The molecule has 4 rings (SSSR count). The van der Waals surface area contributed by atoms with E-state index in [1.54, 1.807) is 18.2 Å². The third-order valence-electron chi connectivity index (χ3n) is 3.77. The minimum Gasteiger partial charge on any atom is -0.486 e. The second kappa shape index (κ2) is 6.01. The van der Waals surface area contributed by atoms with Crippen LogP contribution in [0.15, 0.2) is 40.5 Å². The van der Waals surface area contributed by atoms with Crippen LogP contribution in [0.4, 0.5) is 0 Å². The third kappa shape index (κ3) is 2.74. The number of fused-ring (bicyclic) bond motifs is 2. The fourth-order valence-corrected chi connectivity index (χ4v) is 3.23. The number of carbonyl (C=O) groups excluding carboxylic acids is 1. The number of ether oxygens (including phenoxy) is 2. The van der Waals surface area contributed by atoms with Gasteiger partial charge in [-0.1, -0.05) is 6.07 Å². The Labute approximate surface area is 141 Å². The van der Waals surface area contributed by atoms with Crippen LogP contribution in [0, 0.1) is 0 Å². The normalized spacial score (nSPS) is 13.0. The minimum atomic E-state index is -0.231. The van der Waals surface area contributed by atoms with Crippen molar-refractivity contribution in [2.24, 2.45) is 0 Å². The van der Waals surface area contributed by atoms with Crippen molar-refractivity contribution in [1.29, 1.82) is 0 Å². The predicted molar refractivity (Wildman–Crippen MR) is 91.0 cm³/mol. The van der Waals surface area contributed by atoms with Gasteiger partial charge in [0.1, 0.15) is 13.2 Å². The number of thiophene rings is 1. The number of aromatic amines is 1. The molecule has 6 nitrogen and oxygen atoms in total. The summed E-state index contributed by atoms with van der Waals surface area (Å²) in [4.78, 5) is 27.7. The summed E-state index contributed by atoms with van der Waals surface area (Å²) < 4.78 is 11.1. The van der Waals surface area contributed by atoms with E-state index in [1.165, 1.54) is 11.3 Å². The van der Waals surface area contributed by atoms with Gasteiger partial charge in [-0.15, -0.1) is 11.3 Å². The number of carbonyl (C=O) groups is 1. The molecule has 3 aromatic rings. The van der Waals surface area contributed by atoms with Gasteiger partial charge < -0.3 is 19.8 Å². The first-order valence-electron chi connectivity index (χ1n) is 7.48. The van der Waals surface area contributed by atoms with E-state index < -0.39 is 0 Å². The maximum absolute atomic E-state index is 12.2. The number of H-pyrrole nitrogens is 1. The van der Waals surface area contributed by atoms with Crippen molar-refractivity contribution >= 4 is 28.1 Å². The van der Waals surface area contributed by atoms with Gasteiger partial charge in [-0.05, 0) is 23.6 Å². The van der Waals surface area contributed by atoms with Crippen LogP contribution in [0.2, 0.25) is 0 Å².